The number of fused-ring (bicyclic) bond motifs is 1. The number of para-hydroxylation sites is 4. The molecule has 0 aliphatic rings. The minimum absolute atomic E-state index is 0.0182. The third kappa shape index (κ3) is 3.65. The average molecular weight is 344 g/mol. The third-order valence-electron chi connectivity index (χ3n) is 3.62. The lowest BCUT2D eigenvalue weighted by Gasteiger charge is -2.11. The normalized spacial score (nSPS) is 10.8. The quantitative estimate of drug-likeness (QED) is 0.698. The molecule has 1 heterocycles. The minimum Gasteiger partial charge on any atom is -0.433 e. The van der Waals surface area contributed by atoms with Gasteiger partial charge in [0.2, 0.25) is 6.33 Å². The number of nitrogens with one attached hydrogen (secondary N) is 1. The van der Waals surface area contributed by atoms with E-state index in [1.165, 1.54) is 12.1 Å². The zero-order chi connectivity index (χ0) is 17.8. The standard InChI is InChI=1S/C18H15F2N3O2/c1-2-22-12-23(15-9-5-4-8-14(15)22)11-17(24)21-13-7-3-6-10-16(13)25-18(19)20/h2-10,12,18H,1,11H2/p+1. The van der Waals surface area contributed by atoms with Crippen molar-refractivity contribution in [2.24, 2.45) is 0 Å². The number of alkyl halides is 2. The first kappa shape index (κ1) is 16.6. The minimum atomic E-state index is -2.96. The number of carbonyl (C=O) groups excluding carboxylic acids is 1. The van der Waals surface area contributed by atoms with Gasteiger partial charge in [-0.3, -0.25) is 4.79 Å². The van der Waals surface area contributed by atoms with Crippen LogP contribution in [0.5, 0.6) is 5.75 Å². The van der Waals surface area contributed by atoms with Crippen LogP contribution in [-0.2, 0) is 11.3 Å². The van der Waals surface area contributed by atoms with Crippen LogP contribution in [-0.4, -0.2) is 17.1 Å². The molecule has 128 valence electrons. The van der Waals surface area contributed by atoms with Crippen molar-refractivity contribution in [1.29, 1.82) is 0 Å². The van der Waals surface area contributed by atoms with Crippen LogP contribution < -0.4 is 14.6 Å². The maximum absolute atomic E-state index is 12.4. The second kappa shape index (κ2) is 7.12. The number of benzene rings is 2. The smallest absolute Gasteiger partial charge is 0.387 e. The van der Waals surface area contributed by atoms with E-state index < -0.39 is 6.61 Å². The second-order valence-electron chi connectivity index (χ2n) is 5.24. The number of amides is 1. The van der Waals surface area contributed by atoms with E-state index in [9.17, 15) is 13.6 Å². The van der Waals surface area contributed by atoms with Gasteiger partial charge in [-0.25, -0.2) is 9.13 Å². The van der Waals surface area contributed by atoms with Crippen LogP contribution in [0.15, 0.2) is 61.4 Å². The summed E-state index contributed by atoms with van der Waals surface area (Å²) in [7, 11) is 0. The van der Waals surface area contributed by atoms with E-state index in [2.05, 4.69) is 16.6 Å². The predicted molar refractivity (Wildman–Crippen MR) is 90.2 cm³/mol. The number of hydrogen-bond acceptors (Lipinski definition) is 2. The molecule has 5 nitrogen and oxygen atoms in total. The van der Waals surface area contributed by atoms with E-state index in [0.717, 1.165) is 11.0 Å². The zero-order valence-electron chi connectivity index (χ0n) is 13.2. The largest absolute Gasteiger partial charge is 0.433 e. The average Bonchev–Trinajstić information content (AvgIpc) is 2.94. The molecule has 0 fully saturated rings. The number of nitrogens with zero attached hydrogens (tertiary/aromatic N) is 2. The molecule has 0 aliphatic heterocycles. The van der Waals surface area contributed by atoms with Crippen molar-refractivity contribution in [2.75, 3.05) is 5.32 Å². The van der Waals surface area contributed by atoms with Crippen LogP contribution in [0, 0.1) is 0 Å². The van der Waals surface area contributed by atoms with Gasteiger partial charge in [-0.1, -0.05) is 30.8 Å². The Balaban J connectivity index is 1.81. The number of halogens is 2. The monoisotopic (exact) mass is 344 g/mol. The molecule has 25 heavy (non-hydrogen) atoms. The highest BCUT2D eigenvalue weighted by atomic mass is 19.3. The Labute approximate surface area is 142 Å². The van der Waals surface area contributed by atoms with E-state index in [4.69, 9.17) is 0 Å². The highest BCUT2D eigenvalue weighted by Crippen LogP contribution is 2.25. The molecule has 0 saturated heterocycles. The van der Waals surface area contributed by atoms with Gasteiger partial charge >= 0.3 is 6.61 Å². The van der Waals surface area contributed by atoms with Crippen molar-refractivity contribution < 1.29 is 22.9 Å². The summed E-state index contributed by atoms with van der Waals surface area (Å²) >= 11 is 0. The van der Waals surface area contributed by atoms with Crippen LogP contribution in [0.25, 0.3) is 17.2 Å². The second-order valence-corrected chi connectivity index (χ2v) is 5.24. The summed E-state index contributed by atoms with van der Waals surface area (Å²) in [4.78, 5) is 12.4. The Bertz CT molecular complexity index is 922. The molecule has 1 N–H and O–H groups in total. The van der Waals surface area contributed by atoms with E-state index in [1.807, 2.05) is 24.3 Å². The summed E-state index contributed by atoms with van der Waals surface area (Å²) in [6.45, 7) is 0.800. The molecule has 0 radical (unpaired) electrons. The zero-order valence-corrected chi connectivity index (χ0v) is 13.2. The molecule has 1 amide bonds. The molecule has 7 heteroatoms. The topological polar surface area (TPSA) is 47.1 Å². The number of carbonyl (C=O) groups is 1. The first-order valence-electron chi connectivity index (χ1n) is 7.53. The fourth-order valence-electron chi connectivity index (χ4n) is 2.58. The molecule has 0 spiro atoms. The summed E-state index contributed by atoms with van der Waals surface area (Å²) in [5.41, 5.74) is 1.96. The summed E-state index contributed by atoms with van der Waals surface area (Å²) in [5, 5.41) is 2.60. The summed E-state index contributed by atoms with van der Waals surface area (Å²) < 4.78 is 32.9. The van der Waals surface area contributed by atoms with Gasteiger partial charge in [-0.2, -0.15) is 8.78 Å². The number of anilines is 1. The van der Waals surface area contributed by atoms with Gasteiger partial charge < -0.3 is 10.1 Å². The van der Waals surface area contributed by atoms with Crippen LogP contribution in [0.2, 0.25) is 0 Å². The molecular formula is C18H16F2N3O2+. The number of hydrogen-bond donors (Lipinski definition) is 1. The highest BCUT2D eigenvalue weighted by molar-refractivity contribution is 5.91. The third-order valence-corrected chi connectivity index (χ3v) is 3.62. The van der Waals surface area contributed by atoms with E-state index in [-0.39, 0.29) is 23.9 Å². The Morgan fingerprint density at radius 2 is 1.96 bits per heavy atom. The van der Waals surface area contributed by atoms with Crippen molar-refractivity contribution >= 4 is 28.8 Å². The van der Waals surface area contributed by atoms with Crippen molar-refractivity contribution in [3.05, 3.63) is 61.4 Å². The fraction of sp³-hybridized carbons (Fsp3) is 0.111. The van der Waals surface area contributed by atoms with E-state index in [1.54, 1.807) is 33.8 Å². The SMILES string of the molecule is C=Cn1c[n+](CC(=O)Nc2ccccc2OC(F)F)c2ccccc21. The van der Waals surface area contributed by atoms with Crippen LogP contribution in [0.4, 0.5) is 14.5 Å². The van der Waals surface area contributed by atoms with Gasteiger partial charge in [0.15, 0.2) is 17.6 Å². The molecule has 0 atom stereocenters. The Hall–Kier alpha value is -3.22. The van der Waals surface area contributed by atoms with Gasteiger partial charge in [0.25, 0.3) is 5.91 Å². The summed E-state index contributed by atoms with van der Waals surface area (Å²) in [6, 6.07) is 13.6. The molecule has 3 rings (SSSR count). The molecule has 2 aromatic carbocycles. The highest BCUT2D eigenvalue weighted by Gasteiger charge is 2.18. The van der Waals surface area contributed by atoms with Crippen molar-refractivity contribution in [2.45, 2.75) is 13.2 Å². The van der Waals surface area contributed by atoms with Gasteiger partial charge in [0.05, 0.1) is 11.9 Å². The summed E-state index contributed by atoms with van der Waals surface area (Å²) in [6.07, 6.45) is 3.39. The van der Waals surface area contributed by atoms with Crippen molar-refractivity contribution in [3.63, 3.8) is 0 Å². The number of imidazole rings is 1. The van der Waals surface area contributed by atoms with E-state index >= 15 is 0 Å². The number of rotatable bonds is 6. The molecular weight excluding hydrogens is 328 g/mol. The molecule has 0 unspecified atom stereocenters. The van der Waals surface area contributed by atoms with Gasteiger partial charge in [-0.05, 0) is 24.3 Å². The van der Waals surface area contributed by atoms with Crippen LogP contribution in [0.1, 0.15) is 0 Å². The molecule has 0 saturated carbocycles. The van der Waals surface area contributed by atoms with Gasteiger partial charge in [0, 0.05) is 0 Å². The number of ether oxygens (including phenoxy) is 1. The Morgan fingerprint density at radius 1 is 1.24 bits per heavy atom. The first-order valence-corrected chi connectivity index (χ1v) is 7.53. The van der Waals surface area contributed by atoms with Crippen molar-refractivity contribution in [3.8, 4) is 5.75 Å². The van der Waals surface area contributed by atoms with E-state index in [0.29, 0.717) is 0 Å². The first-order chi connectivity index (χ1) is 12.1. The maximum Gasteiger partial charge on any atom is 0.387 e. The van der Waals surface area contributed by atoms with Gasteiger partial charge in [0.1, 0.15) is 5.75 Å². The number of aromatic nitrogens is 2. The lowest BCUT2D eigenvalue weighted by molar-refractivity contribution is -0.658. The van der Waals surface area contributed by atoms with Crippen LogP contribution in [0.3, 0.4) is 0 Å². The fourth-order valence-corrected chi connectivity index (χ4v) is 2.58. The molecule has 1 aromatic heterocycles. The lowest BCUT2D eigenvalue weighted by Crippen LogP contribution is -2.39. The summed E-state index contributed by atoms with van der Waals surface area (Å²) in [5.74, 6) is -0.438. The predicted octanol–water partition coefficient (Wildman–Crippen LogP) is 3.27. The maximum atomic E-state index is 12.4. The Morgan fingerprint density at radius 3 is 2.72 bits per heavy atom. The van der Waals surface area contributed by atoms with Gasteiger partial charge in [-0.15, -0.1) is 0 Å². The molecule has 3 aromatic rings. The van der Waals surface area contributed by atoms with Crippen LogP contribution >= 0.6 is 0 Å². The molecule has 0 bridgehead atoms. The Kier molecular flexibility index (Phi) is 4.74. The van der Waals surface area contributed by atoms with Crippen molar-refractivity contribution in [1.82, 2.24) is 4.57 Å². The molecule has 0 aliphatic carbocycles. The lowest BCUT2D eigenvalue weighted by atomic mass is 10.3.